The molecule has 0 N–H and O–H groups in total. The zero-order valence-electron chi connectivity index (χ0n) is 7.86. The van der Waals surface area contributed by atoms with Crippen LogP contribution in [0.2, 0.25) is 0 Å². The van der Waals surface area contributed by atoms with Gasteiger partial charge in [0.2, 0.25) is 5.88 Å². The second kappa shape index (κ2) is 6.23. The summed E-state index contributed by atoms with van der Waals surface area (Å²) in [4.78, 5) is 3.98. The van der Waals surface area contributed by atoms with E-state index in [4.69, 9.17) is 4.74 Å². The maximum Gasteiger partial charge on any atom is 0.213 e. The van der Waals surface area contributed by atoms with Crippen LogP contribution in [0.5, 0.6) is 5.88 Å². The predicted molar refractivity (Wildman–Crippen MR) is 52.6 cm³/mol. The molecule has 69 valence electrons. The Morgan fingerprint density at radius 1 is 1.54 bits per heavy atom. The highest BCUT2D eigenvalue weighted by Crippen LogP contribution is 2.02. The van der Waals surface area contributed by atoms with Crippen molar-refractivity contribution in [3.05, 3.63) is 36.5 Å². The molecule has 2 nitrogen and oxygen atoms in total. The quantitative estimate of drug-likeness (QED) is 0.643. The lowest BCUT2D eigenvalue weighted by Gasteiger charge is -1.99. The van der Waals surface area contributed by atoms with Gasteiger partial charge in [0.15, 0.2) is 0 Å². The predicted octanol–water partition coefficient (Wildman–Crippen LogP) is 2.62. The third-order valence-corrected chi connectivity index (χ3v) is 1.54. The Bertz CT molecular complexity index is 244. The van der Waals surface area contributed by atoms with E-state index < -0.39 is 0 Å². The number of ether oxygens (including phenoxy) is 1. The van der Waals surface area contributed by atoms with E-state index in [0.717, 1.165) is 6.42 Å². The van der Waals surface area contributed by atoms with Crippen molar-refractivity contribution in [1.29, 1.82) is 0 Å². The van der Waals surface area contributed by atoms with Gasteiger partial charge in [-0.1, -0.05) is 25.5 Å². The SMILES string of the molecule is CCCC=CCOc1cc[c]cn1. The van der Waals surface area contributed by atoms with Crippen LogP contribution in [0.3, 0.4) is 0 Å². The van der Waals surface area contributed by atoms with Gasteiger partial charge >= 0.3 is 0 Å². The Hall–Kier alpha value is -1.31. The van der Waals surface area contributed by atoms with Crippen molar-refractivity contribution in [1.82, 2.24) is 4.98 Å². The lowest BCUT2D eigenvalue weighted by Crippen LogP contribution is -1.94. The molecule has 2 heteroatoms. The number of nitrogens with zero attached hydrogens (tertiary/aromatic N) is 1. The summed E-state index contributed by atoms with van der Waals surface area (Å²) in [5.41, 5.74) is 0. The van der Waals surface area contributed by atoms with Crippen LogP contribution in [0.1, 0.15) is 19.8 Å². The highest BCUT2D eigenvalue weighted by atomic mass is 16.5. The zero-order valence-corrected chi connectivity index (χ0v) is 7.86. The topological polar surface area (TPSA) is 22.1 Å². The number of hydrogen-bond acceptors (Lipinski definition) is 2. The van der Waals surface area contributed by atoms with E-state index in [0.29, 0.717) is 12.5 Å². The molecule has 0 unspecified atom stereocenters. The van der Waals surface area contributed by atoms with Crippen molar-refractivity contribution in [3.8, 4) is 5.88 Å². The molecule has 0 aliphatic carbocycles. The van der Waals surface area contributed by atoms with Crippen molar-refractivity contribution in [2.24, 2.45) is 0 Å². The van der Waals surface area contributed by atoms with E-state index in [1.807, 2.05) is 6.08 Å². The van der Waals surface area contributed by atoms with E-state index in [-0.39, 0.29) is 0 Å². The van der Waals surface area contributed by atoms with Crippen molar-refractivity contribution >= 4 is 0 Å². The Morgan fingerprint density at radius 3 is 3.15 bits per heavy atom. The summed E-state index contributed by atoms with van der Waals surface area (Å²) < 4.78 is 5.33. The van der Waals surface area contributed by atoms with Gasteiger partial charge in [-0.05, 0) is 12.5 Å². The van der Waals surface area contributed by atoms with Crippen LogP contribution < -0.4 is 4.74 Å². The van der Waals surface area contributed by atoms with Crippen LogP contribution in [0.15, 0.2) is 30.5 Å². The third kappa shape index (κ3) is 4.31. The highest BCUT2D eigenvalue weighted by Gasteiger charge is 1.88. The first-order valence-corrected chi connectivity index (χ1v) is 4.53. The molecule has 1 radical (unpaired) electrons. The van der Waals surface area contributed by atoms with Gasteiger partial charge in [0.25, 0.3) is 0 Å². The molecule has 0 saturated carbocycles. The van der Waals surface area contributed by atoms with Gasteiger partial charge in [-0.15, -0.1) is 0 Å². The molecule has 1 aromatic rings. The van der Waals surface area contributed by atoms with Crippen molar-refractivity contribution in [2.75, 3.05) is 6.61 Å². The minimum absolute atomic E-state index is 0.594. The molecule has 0 amide bonds. The second-order valence-corrected chi connectivity index (χ2v) is 2.67. The summed E-state index contributed by atoms with van der Waals surface area (Å²) in [5, 5.41) is 0. The van der Waals surface area contributed by atoms with Gasteiger partial charge in [-0.25, -0.2) is 4.98 Å². The van der Waals surface area contributed by atoms with Gasteiger partial charge in [0.05, 0.1) is 0 Å². The standard InChI is InChI=1S/C11H14NO/c1-2-3-4-7-10-13-11-8-5-6-9-12-11/h4-5,7-9H,2-3,10H2,1H3. The van der Waals surface area contributed by atoms with Gasteiger partial charge in [-0.3, -0.25) is 0 Å². The second-order valence-electron chi connectivity index (χ2n) is 2.67. The van der Waals surface area contributed by atoms with E-state index in [9.17, 15) is 0 Å². The molecule has 0 saturated heterocycles. The maximum absolute atomic E-state index is 5.33. The molecule has 0 atom stereocenters. The lowest BCUT2D eigenvalue weighted by atomic mass is 10.3. The van der Waals surface area contributed by atoms with E-state index in [2.05, 4.69) is 24.1 Å². The zero-order chi connectivity index (χ0) is 9.36. The Morgan fingerprint density at radius 2 is 2.46 bits per heavy atom. The molecule has 1 aromatic heterocycles. The van der Waals surface area contributed by atoms with Gasteiger partial charge < -0.3 is 4.74 Å². The van der Waals surface area contributed by atoms with Crippen LogP contribution in [0, 0.1) is 6.07 Å². The number of allylic oxidation sites excluding steroid dienone is 1. The Labute approximate surface area is 79.3 Å². The normalized spacial score (nSPS) is 10.5. The van der Waals surface area contributed by atoms with Crippen molar-refractivity contribution < 1.29 is 4.74 Å². The van der Waals surface area contributed by atoms with Crippen LogP contribution in [0.25, 0.3) is 0 Å². The molecule has 0 fully saturated rings. The molecule has 0 aliphatic heterocycles. The van der Waals surface area contributed by atoms with Crippen molar-refractivity contribution in [2.45, 2.75) is 19.8 Å². The fourth-order valence-corrected chi connectivity index (χ4v) is 0.878. The lowest BCUT2D eigenvalue weighted by molar-refractivity contribution is 0.348. The molecule has 13 heavy (non-hydrogen) atoms. The average molecular weight is 176 g/mol. The number of unbranched alkanes of at least 4 members (excludes halogenated alkanes) is 1. The van der Waals surface area contributed by atoms with Crippen LogP contribution in [-0.4, -0.2) is 11.6 Å². The first-order chi connectivity index (χ1) is 6.43. The summed E-state index contributed by atoms with van der Waals surface area (Å²) in [6.45, 7) is 2.75. The smallest absolute Gasteiger partial charge is 0.213 e. The molecule has 0 bridgehead atoms. The first-order valence-electron chi connectivity index (χ1n) is 4.53. The maximum atomic E-state index is 5.33. The summed E-state index contributed by atoms with van der Waals surface area (Å²) in [6, 6.07) is 6.42. The van der Waals surface area contributed by atoms with E-state index >= 15 is 0 Å². The van der Waals surface area contributed by atoms with Crippen molar-refractivity contribution in [3.63, 3.8) is 0 Å². The minimum Gasteiger partial charge on any atom is -0.473 e. The van der Waals surface area contributed by atoms with Gasteiger partial charge in [0, 0.05) is 18.3 Å². The number of pyridine rings is 1. The molecular weight excluding hydrogens is 162 g/mol. The molecule has 1 heterocycles. The van der Waals surface area contributed by atoms with Crippen LogP contribution in [-0.2, 0) is 0 Å². The van der Waals surface area contributed by atoms with Gasteiger partial charge in [-0.2, -0.15) is 0 Å². The third-order valence-electron chi connectivity index (χ3n) is 1.54. The van der Waals surface area contributed by atoms with E-state index in [1.165, 1.54) is 6.42 Å². The summed E-state index contributed by atoms with van der Waals surface area (Å²) in [5.74, 6) is 0.653. The average Bonchev–Trinajstić information content (AvgIpc) is 2.19. The Balaban J connectivity index is 2.20. The molecule has 0 aliphatic rings. The number of rotatable bonds is 5. The summed E-state index contributed by atoms with van der Waals surface area (Å²) in [7, 11) is 0. The van der Waals surface area contributed by atoms with Crippen LogP contribution in [0.4, 0.5) is 0 Å². The molecular formula is C11H14NO. The number of aromatic nitrogens is 1. The van der Waals surface area contributed by atoms with Crippen LogP contribution >= 0.6 is 0 Å². The summed E-state index contributed by atoms with van der Waals surface area (Å²) in [6.07, 6.45) is 8.02. The number of hydrogen-bond donors (Lipinski definition) is 0. The fourth-order valence-electron chi connectivity index (χ4n) is 0.878. The molecule has 0 spiro atoms. The van der Waals surface area contributed by atoms with Gasteiger partial charge in [0.1, 0.15) is 6.61 Å². The highest BCUT2D eigenvalue weighted by molar-refractivity contribution is 5.08. The summed E-state index contributed by atoms with van der Waals surface area (Å²) >= 11 is 0. The first kappa shape index (κ1) is 9.78. The minimum atomic E-state index is 0.594. The fraction of sp³-hybridized carbons (Fsp3) is 0.364. The monoisotopic (exact) mass is 176 g/mol. The molecule has 0 aromatic carbocycles. The molecule has 1 rings (SSSR count). The van der Waals surface area contributed by atoms with E-state index in [1.54, 1.807) is 18.3 Å². The Kier molecular flexibility index (Phi) is 4.69. The largest absolute Gasteiger partial charge is 0.473 e.